The Hall–Kier alpha value is -2.03. The second-order valence-corrected chi connectivity index (χ2v) is 7.98. The summed E-state index contributed by atoms with van der Waals surface area (Å²) >= 11 is 3.45. The Balaban J connectivity index is 1.59. The van der Waals surface area contributed by atoms with Crippen LogP contribution in [0.2, 0.25) is 0 Å². The molecule has 1 amide bonds. The zero-order chi connectivity index (χ0) is 20.3. The van der Waals surface area contributed by atoms with Crippen LogP contribution in [0.15, 0.2) is 46.9 Å². The van der Waals surface area contributed by atoms with E-state index in [1.807, 2.05) is 24.3 Å². The first-order valence-electron chi connectivity index (χ1n) is 8.89. The van der Waals surface area contributed by atoms with E-state index in [2.05, 4.69) is 21.2 Å². The number of hydrogen-bond donors (Lipinski definition) is 3. The first-order chi connectivity index (χ1) is 13.3. The van der Waals surface area contributed by atoms with Crippen molar-refractivity contribution in [2.24, 2.45) is 0 Å². The Bertz CT molecular complexity index is 841. The van der Waals surface area contributed by atoms with Crippen molar-refractivity contribution in [3.05, 3.63) is 69.7 Å². The van der Waals surface area contributed by atoms with Crippen LogP contribution in [0.1, 0.15) is 24.0 Å². The van der Waals surface area contributed by atoms with Crippen LogP contribution >= 0.6 is 15.9 Å². The van der Waals surface area contributed by atoms with Crippen LogP contribution in [-0.2, 0) is 12.1 Å². The number of nitrogens with one attached hydrogen (secondary N) is 1. The lowest BCUT2D eigenvalue weighted by Gasteiger charge is -2.25. The standard InChI is InChI=1S/C20H21BrF2N2O3/c21-15-3-1-2-14(8-15)20(4-5-20)24-10-18(26)12-25(19(27)28)11-13-6-16(22)9-17(23)7-13/h1-3,6-9,18,24,26H,4-5,10-12H2,(H,27,28). The molecule has 1 saturated carbocycles. The molecule has 150 valence electrons. The van der Waals surface area contributed by atoms with Crippen molar-refractivity contribution >= 4 is 22.0 Å². The molecular weight excluding hydrogens is 434 g/mol. The fourth-order valence-electron chi connectivity index (χ4n) is 3.24. The van der Waals surface area contributed by atoms with Crippen LogP contribution in [0.4, 0.5) is 13.6 Å². The minimum Gasteiger partial charge on any atom is -0.465 e. The SMILES string of the molecule is O=C(O)N(Cc1cc(F)cc(F)c1)CC(O)CNC1(c2cccc(Br)c2)CC1. The molecular formula is C20H21BrF2N2O3. The van der Waals surface area contributed by atoms with E-state index in [1.165, 1.54) is 0 Å². The van der Waals surface area contributed by atoms with E-state index < -0.39 is 23.8 Å². The summed E-state index contributed by atoms with van der Waals surface area (Å²) in [5.74, 6) is -1.54. The molecule has 1 atom stereocenters. The first kappa shape index (κ1) is 20.7. The number of halogens is 3. The van der Waals surface area contributed by atoms with Gasteiger partial charge in [-0.05, 0) is 48.2 Å². The number of benzene rings is 2. The Morgan fingerprint density at radius 2 is 1.89 bits per heavy atom. The van der Waals surface area contributed by atoms with Crippen LogP contribution in [0.25, 0.3) is 0 Å². The van der Waals surface area contributed by atoms with Gasteiger partial charge in [-0.1, -0.05) is 28.1 Å². The predicted octanol–water partition coefficient (Wildman–Crippen LogP) is 3.85. The van der Waals surface area contributed by atoms with Crippen molar-refractivity contribution < 1.29 is 23.8 Å². The van der Waals surface area contributed by atoms with Crippen molar-refractivity contribution in [2.75, 3.05) is 13.1 Å². The first-order valence-corrected chi connectivity index (χ1v) is 9.69. The van der Waals surface area contributed by atoms with Crippen molar-refractivity contribution in [3.8, 4) is 0 Å². The number of carbonyl (C=O) groups is 1. The van der Waals surface area contributed by atoms with Crippen molar-refractivity contribution in [2.45, 2.75) is 31.0 Å². The number of hydrogen-bond acceptors (Lipinski definition) is 3. The molecule has 3 rings (SSSR count). The number of carboxylic acid groups (broad SMARTS) is 1. The quantitative estimate of drug-likeness (QED) is 0.566. The third-order valence-electron chi connectivity index (χ3n) is 4.80. The maximum Gasteiger partial charge on any atom is 0.407 e. The molecule has 0 aliphatic heterocycles. The van der Waals surface area contributed by atoms with Gasteiger partial charge < -0.3 is 20.4 Å². The second-order valence-electron chi connectivity index (χ2n) is 7.07. The summed E-state index contributed by atoms with van der Waals surface area (Å²) in [6.45, 7) is -0.180. The Labute approximate surface area is 170 Å². The minimum absolute atomic E-state index is 0.172. The Morgan fingerprint density at radius 3 is 2.46 bits per heavy atom. The molecule has 28 heavy (non-hydrogen) atoms. The number of amides is 1. The highest BCUT2D eigenvalue weighted by Gasteiger charge is 2.44. The van der Waals surface area contributed by atoms with Gasteiger partial charge in [0.05, 0.1) is 12.6 Å². The summed E-state index contributed by atoms with van der Waals surface area (Å²) in [4.78, 5) is 12.4. The van der Waals surface area contributed by atoms with Crippen LogP contribution < -0.4 is 5.32 Å². The molecule has 0 radical (unpaired) electrons. The summed E-state index contributed by atoms with van der Waals surface area (Å²) < 4.78 is 27.6. The average molecular weight is 455 g/mol. The van der Waals surface area contributed by atoms with Gasteiger partial charge in [0, 0.05) is 29.2 Å². The minimum atomic E-state index is -1.27. The normalized spacial score (nSPS) is 15.9. The monoisotopic (exact) mass is 454 g/mol. The molecule has 0 saturated heterocycles. The summed E-state index contributed by atoms with van der Waals surface area (Å²) in [6, 6.07) is 10.8. The second kappa shape index (κ2) is 8.55. The van der Waals surface area contributed by atoms with Crippen molar-refractivity contribution in [1.29, 1.82) is 0 Å². The molecule has 0 spiro atoms. The van der Waals surface area contributed by atoms with E-state index in [1.54, 1.807) is 0 Å². The summed E-state index contributed by atoms with van der Waals surface area (Å²) in [6.07, 6.45) is -0.362. The maximum atomic E-state index is 13.3. The highest BCUT2D eigenvalue weighted by molar-refractivity contribution is 9.10. The molecule has 8 heteroatoms. The molecule has 2 aromatic rings. The Morgan fingerprint density at radius 1 is 1.21 bits per heavy atom. The molecule has 5 nitrogen and oxygen atoms in total. The van der Waals surface area contributed by atoms with E-state index >= 15 is 0 Å². The van der Waals surface area contributed by atoms with Gasteiger partial charge in [-0.25, -0.2) is 13.6 Å². The maximum absolute atomic E-state index is 13.3. The van der Waals surface area contributed by atoms with Gasteiger partial charge in [-0.15, -0.1) is 0 Å². The number of aliphatic hydroxyl groups excluding tert-OH is 1. The van der Waals surface area contributed by atoms with Gasteiger partial charge in [0.1, 0.15) is 11.6 Å². The van der Waals surface area contributed by atoms with Crippen molar-refractivity contribution in [3.63, 3.8) is 0 Å². The molecule has 1 fully saturated rings. The number of nitrogens with zero attached hydrogens (tertiary/aromatic N) is 1. The predicted molar refractivity (Wildman–Crippen MR) is 104 cm³/mol. The van der Waals surface area contributed by atoms with Crippen LogP contribution in [-0.4, -0.2) is 40.4 Å². The summed E-state index contributed by atoms with van der Waals surface area (Å²) in [7, 11) is 0. The highest BCUT2D eigenvalue weighted by atomic mass is 79.9. The summed E-state index contributed by atoms with van der Waals surface area (Å²) in [5.41, 5.74) is 1.09. The lowest BCUT2D eigenvalue weighted by Crippen LogP contribution is -2.43. The van der Waals surface area contributed by atoms with Gasteiger partial charge in [0.2, 0.25) is 0 Å². The largest absolute Gasteiger partial charge is 0.465 e. The van der Waals surface area contributed by atoms with E-state index in [0.29, 0.717) is 0 Å². The lowest BCUT2D eigenvalue weighted by atomic mass is 10.0. The van der Waals surface area contributed by atoms with E-state index in [-0.39, 0.29) is 30.7 Å². The average Bonchev–Trinajstić information content (AvgIpc) is 3.40. The zero-order valence-electron chi connectivity index (χ0n) is 15.0. The van der Waals surface area contributed by atoms with Gasteiger partial charge in [0.15, 0.2) is 0 Å². The van der Waals surface area contributed by atoms with Gasteiger partial charge >= 0.3 is 6.09 Å². The van der Waals surface area contributed by atoms with Crippen molar-refractivity contribution in [1.82, 2.24) is 10.2 Å². The third-order valence-corrected chi connectivity index (χ3v) is 5.29. The molecule has 0 aromatic heterocycles. The van der Waals surface area contributed by atoms with E-state index in [4.69, 9.17) is 0 Å². The van der Waals surface area contributed by atoms with E-state index in [0.717, 1.165) is 46.0 Å². The fourth-order valence-corrected chi connectivity index (χ4v) is 3.64. The third kappa shape index (κ3) is 5.27. The Kier molecular flexibility index (Phi) is 6.32. The molecule has 1 unspecified atom stereocenters. The number of rotatable bonds is 8. The van der Waals surface area contributed by atoms with Gasteiger partial charge in [-0.2, -0.15) is 0 Å². The molecule has 1 aliphatic carbocycles. The van der Waals surface area contributed by atoms with Crippen LogP contribution in [0, 0.1) is 11.6 Å². The fraction of sp³-hybridized carbons (Fsp3) is 0.350. The van der Waals surface area contributed by atoms with E-state index in [9.17, 15) is 23.8 Å². The number of aliphatic hydroxyl groups is 1. The molecule has 0 heterocycles. The molecule has 1 aliphatic rings. The van der Waals surface area contributed by atoms with Gasteiger partial charge in [-0.3, -0.25) is 0 Å². The smallest absolute Gasteiger partial charge is 0.407 e. The topological polar surface area (TPSA) is 72.8 Å². The zero-order valence-corrected chi connectivity index (χ0v) is 16.6. The highest BCUT2D eigenvalue weighted by Crippen LogP contribution is 2.45. The van der Waals surface area contributed by atoms with Crippen LogP contribution in [0.5, 0.6) is 0 Å². The molecule has 3 N–H and O–H groups in total. The van der Waals surface area contributed by atoms with Crippen LogP contribution in [0.3, 0.4) is 0 Å². The molecule has 0 bridgehead atoms. The lowest BCUT2D eigenvalue weighted by molar-refractivity contribution is 0.0906. The van der Waals surface area contributed by atoms with Gasteiger partial charge in [0.25, 0.3) is 0 Å². The molecule has 2 aromatic carbocycles. The summed E-state index contributed by atoms with van der Waals surface area (Å²) in [5, 5.41) is 23.0.